The lowest BCUT2D eigenvalue weighted by Crippen LogP contribution is -2.41. The van der Waals surface area contributed by atoms with Gasteiger partial charge >= 0.3 is 0 Å². The molecule has 0 saturated carbocycles. The van der Waals surface area contributed by atoms with Gasteiger partial charge in [0.25, 0.3) is 0 Å². The highest BCUT2D eigenvalue weighted by Gasteiger charge is 2.18. The molecule has 1 aliphatic carbocycles. The van der Waals surface area contributed by atoms with Crippen LogP contribution in [0.5, 0.6) is 0 Å². The Hall–Kier alpha value is -0.250. The molecular weight excluding hydrogens is 144 g/mol. The van der Waals surface area contributed by atoms with Gasteiger partial charge < -0.3 is 0 Å². The summed E-state index contributed by atoms with van der Waals surface area (Å²) in [6.45, 7) is 0.917. The molecule has 0 aromatic carbocycles. The summed E-state index contributed by atoms with van der Waals surface area (Å²) in [5.41, 5.74) is 0. The molecule has 1 heterocycles. The average Bonchev–Trinajstić information content (AvgIpc) is 2.05. The molecule has 1 unspecified atom stereocenters. The summed E-state index contributed by atoms with van der Waals surface area (Å²) in [7, 11) is 0. The molecule has 0 bridgehead atoms. The second-order valence-corrected chi connectivity index (χ2v) is 3.38. The summed E-state index contributed by atoms with van der Waals surface area (Å²) in [6.07, 6.45) is 7.62. The standard InChI is InChI=1S/C7H10N2S/c1-2-4-7-6(3-1)8-5-9-10-7/h1-2,4,6,8-9H,3,5H2. The lowest BCUT2D eigenvalue weighted by Gasteiger charge is -2.27. The van der Waals surface area contributed by atoms with Gasteiger partial charge in [0.1, 0.15) is 0 Å². The predicted molar refractivity (Wildman–Crippen MR) is 44.4 cm³/mol. The van der Waals surface area contributed by atoms with Crippen molar-refractivity contribution in [3.63, 3.8) is 0 Å². The summed E-state index contributed by atoms with van der Waals surface area (Å²) in [5, 5.41) is 3.37. The fourth-order valence-corrected chi connectivity index (χ4v) is 1.97. The van der Waals surface area contributed by atoms with Crippen LogP contribution in [0.1, 0.15) is 6.42 Å². The largest absolute Gasteiger partial charge is 0.296 e. The fraction of sp³-hybridized carbons (Fsp3) is 0.429. The van der Waals surface area contributed by atoms with Gasteiger partial charge in [-0.1, -0.05) is 18.2 Å². The molecule has 1 fully saturated rings. The highest BCUT2D eigenvalue weighted by atomic mass is 32.2. The average molecular weight is 154 g/mol. The number of hydrogen-bond acceptors (Lipinski definition) is 3. The van der Waals surface area contributed by atoms with Crippen LogP contribution in [0.4, 0.5) is 0 Å². The molecule has 0 spiro atoms. The first-order valence-corrected chi connectivity index (χ1v) is 4.28. The van der Waals surface area contributed by atoms with Gasteiger partial charge in [0.15, 0.2) is 0 Å². The monoisotopic (exact) mass is 154 g/mol. The lowest BCUT2D eigenvalue weighted by molar-refractivity contribution is 0.571. The van der Waals surface area contributed by atoms with Crippen LogP contribution in [0.2, 0.25) is 0 Å². The van der Waals surface area contributed by atoms with E-state index in [-0.39, 0.29) is 0 Å². The van der Waals surface area contributed by atoms with Gasteiger partial charge in [-0.25, -0.2) is 4.72 Å². The van der Waals surface area contributed by atoms with Crippen molar-refractivity contribution in [2.45, 2.75) is 12.5 Å². The zero-order valence-electron chi connectivity index (χ0n) is 5.63. The molecule has 10 heavy (non-hydrogen) atoms. The van der Waals surface area contributed by atoms with Crippen LogP contribution in [-0.2, 0) is 0 Å². The van der Waals surface area contributed by atoms with E-state index in [9.17, 15) is 0 Å². The van der Waals surface area contributed by atoms with Crippen LogP contribution in [-0.4, -0.2) is 12.7 Å². The van der Waals surface area contributed by atoms with Gasteiger partial charge in [-0.3, -0.25) is 5.32 Å². The minimum Gasteiger partial charge on any atom is -0.296 e. The third kappa shape index (κ3) is 1.12. The lowest BCUT2D eigenvalue weighted by atomic mass is 10.1. The number of allylic oxidation sites excluding steroid dienone is 2. The first-order chi connectivity index (χ1) is 4.97. The molecular formula is C7H10N2S. The first kappa shape index (κ1) is 6.46. The molecule has 1 aliphatic heterocycles. The zero-order chi connectivity index (χ0) is 6.81. The molecule has 0 amide bonds. The van der Waals surface area contributed by atoms with Gasteiger partial charge in [0.05, 0.1) is 6.67 Å². The first-order valence-electron chi connectivity index (χ1n) is 3.46. The maximum absolute atomic E-state index is 3.37. The van der Waals surface area contributed by atoms with Gasteiger partial charge in [-0.2, -0.15) is 0 Å². The van der Waals surface area contributed by atoms with Crippen LogP contribution in [0.3, 0.4) is 0 Å². The van der Waals surface area contributed by atoms with Crippen LogP contribution in [0.25, 0.3) is 0 Å². The van der Waals surface area contributed by atoms with Crippen LogP contribution >= 0.6 is 11.9 Å². The molecule has 2 nitrogen and oxygen atoms in total. The van der Waals surface area contributed by atoms with Gasteiger partial charge in [-0.15, -0.1) is 0 Å². The normalized spacial score (nSPS) is 31.2. The minimum atomic E-state index is 0.580. The third-order valence-electron chi connectivity index (χ3n) is 1.72. The van der Waals surface area contributed by atoms with E-state index < -0.39 is 0 Å². The Labute approximate surface area is 64.9 Å². The molecule has 0 aromatic heterocycles. The Bertz CT molecular complexity index is 186. The summed E-state index contributed by atoms with van der Waals surface area (Å²) in [6, 6.07) is 0.580. The molecule has 0 aromatic rings. The van der Waals surface area contributed by atoms with E-state index in [1.807, 2.05) is 0 Å². The van der Waals surface area contributed by atoms with E-state index in [0.29, 0.717) is 6.04 Å². The van der Waals surface area contributed by atoms with Gasteiger partial charge in [-0.05, 0) is 18.4 Å². The molecule has 0 radical (unpaired) electrons. The smallest absolute Gasteiger partial charge is 0.0560 e. The Morgan fingerprint density at radius 3 is 3.50 bits per heavy atom. The summed E-state index contributed by atoms with van der Waals surface area (Å²) < 4.78 is 3.19. The van der Waals surface area contributed by atoms with Crippen molar-refractivity contribution in [3.05, 3.63) is 23.1 Å². The van der Waals surface area contributed by atoms with E-state index in [1.165, 1.54) is 4.91 Å². The van der Waals surface area contributed by atoms with Crippen LogP contribution in [0, 0.1) is 0 Å². The molecule has 2 aliphatic rings. The SMILES string of the molecule is C1=CCC2NCNSC2=C1. The van der Waals surface area contributed by atoms with E-state index in [1.54, 1.807) is 11.9 Å². The highest BCUT2D eigenvalue weighted by Crippen LogP contribution is 2.24. The summed E-state index contributed by atoms with van der Waals surface area (Å²) >= 11 is 1.74. The predicted octanol–water partition coefficient (Wildman–Crippen LogP) is 0.997. The molecule has 1 saturated heterocycles. The van der Waals surface area contributed by atoms with Crippen molar-refractivity contribution < 1.29 is 0 Å². The zero-order valence-corrected chi connectivity index (χ0v) is 6.45. The Morgan fingerprint density at radius 2 is 2.60 bits per heavy atom. The summed E-state index contributed by atoms with van der Waals surface area (Å²) in [4.78, 5) is 1.41. The van der Waals surface area contributed by atoms with Crippen molar-refractivity contribution in [1.82, 2.24) is 10.0 Å². The van der Waals surface area contributed by atoms with E-state index in [0.717, 1.165) is 13.1 Å². The quantitative estimate of drug-likeness (QED) is 0.509. The van der Waals surface area contributed by atoms with E-state index >= 15 is 0 Å². The highest BCUT2D eigenvalue weighted by molar-refractivity contribution is 8.01. The van der Waals surface area contributed by atoms with Crippen molar-refractivity contribution >= 4 is 11.9 Å². The molecule has 3 heteroatoms. The molecule has 54 valence electrons. The molecule has 2 N–H and O–H groups in total. The van der Waals surface area contributed by atoms with Gasteiger partial charge in [0, 0.05) is 10.9 Å². The number of hydrogen-bond donors (Lipinski definition) is 2. The van der Waals surface area contributed by atoms with Crippen molar-refractivity contribution in [3.8, 4) is 0 Å². The topological polar surface area (TPSA) is 24.1 Å². The van der Waals surface area contributed by atoms with E-state index in [4.69, 9.17) is 0 Å². The fourth-order valence-electron chi connectivity index (χ4n) is 1.18. The van der Waals surface area contributed by atoms with Crippen LogP contribution < -0.4 is 10.0 Å². The Morgan fingerprint density at radius 1 is 1.60 bits per heavy atom. The summed E-state index contributed by atoms with van der Waals surface area (Å²) in [5.74, 6) is 0. The van der Waals surface area contributed by atoms with Gasteiger partial charge in [0.2, 0.25) is 0 Å². The maximum Gasteiger partial charge on any atom is 0.0560 e. The molecule has 1 atom stereocenters. The number of rotatable bonds is 0. The van der Waals surface area contributed by atoms with Crippen LogP contribution in [0.15, 0.2) is 23.1 Å². The molecule has 2 rings (SSSR count). The van der Waals surface area contributed by atoms with Crippen molar-refractivity contribution in [1.29, 1.82) is 0 Å². The van der Waals surface area contributed by atoms with Crippen molar-refractivity contribution in [2.75, 3.05) is 6.67 Å². The Kier molecular flexibility index (Phi) is 1.80. The Balaban J connectivity index is 2.14. The van der Waals surface area contributed by atoms with Crippen molar-refractivity contribution in [2.24, 2.45) is 0 Å². The number of fused-ring (bicyclic) bond motifs is 1. The minimum absolute atomic E-state index is 0.580. The second-order valence-electron chi connectivity index (χ2n) is 2.41. The maximum atomic E-state index is 3.37. The third-order valence-corrected chi connectivity index (χ3v) is 2.67. The second kappa shape index (κ2) is 2.78. The number of nitrogens with one attached hydrogen (secondary N) is 2. The van der Waals surface area contributed by atoms with E-state index in [2.05, 4.69) is 28.3 Å².